The first-order valence-electron chi connectivity index (χ1n) is 14.0. The zero-order valence-corrected chi connectivity index (χ0v) is 23.2. The van der Waals surface area contributed by atoms with E-state index in [0.29, 0.717) is 31.0 Å². The van der Waals surface area contributed by atoms with Crippen molar-refractivity contribution in [3.63, 3.8) is 0 Å². The molecular weight excluding hydrogens is 525 g/mol. The maximum absolute atomic E-state index is 13.2. The number of nitrogens with one attached hydrogen (secondary N) is 1. The second-order valence-corrected chi connectivity index (χ2v) is 10.5. The molecule has 2 aromatic carbocycles. The summed E-state index contributed by atoms with van der Waals surface area (Å²) in [4.78, 5) is 32.6. The van der Waals surface area contributed by atoms with Gasteiger partial charge in [-0.1, -0.05) is 12.1 Å². The summed E-state index contributed by atoms with van der Waals surface area (Å²) < 4.78 is 26.3. The van der Waals surface area contributed by atoms with E-state index in [4.69, 9.17) is 19.9 Å². The van der Waals surface area contributed by atoms with Crippen LogP contribution in [-0.2, 0) is 16.1 Å². The summed E-state index contributed by atoms with van der Waals surface area (Å²) in [5, 5.41) is 2.75. The van der Waals surface area contributed by atoms with Gasteiger partial charge in [-0.2, -0.15) is 0 Å². The number of piperidine rings is 1. The smallest absolute Gasteiger partial charge is 0.287 e. The number of carbonyl (C=O) groups is 2. The highest BCUT2D eigenvalue weighted by atomic mass is 19.1. The Balaban J connectivity index is 1.16. The lowest BCUT2D eigenvalue weighted by molar-refractivity contribution is -0.132. The highest BCUT2D eigenvalue weighted by molar-refractivity contribution is 5.92. The Labute approximate surface area is 238 Å². The molecule has 0 radical (unpaired) electrons. The third-order valence-electron chi connectivity index (χ3n) is 7.47. The van der Waals surface area contributed by atoms with Gasteiger partial charge < -0.3 is 29.7 Å². The molecule has 2 amide bonds. The number of ether oxygens (including phenoxy) is 1. The van der Waals surface area contributed by atoms with Gasteiger partial charge in [-0.15, -0.1) is 0 Å². The number of halogens is 1. The zero-order chi connectivity index (χ0) is 28.8. The number of furan rings is 1. The molecule has 216 valence electrons. The van der Waals surface area contributed by atoms with Crippen LogP contribution in [-0.4, -0.2) is 65.7 Å². The number of nitrogens with zero attached hydrogens (tertiary/aromatic N) is 3. The molecule has 5 rings (SSSR count). The number of rotatable bonds is 11. The molecular formula is C31H36FN5O4. The molecule has 1 aliphatic heterocycles. The minimum absolute atomic E-state index is 0.0323. The summed E-state index contributed by atoms with van der Waals surface area (Å²) in [6.45, 7) is 2.87. The van der Waals surface area contributed by atoms with E-state index in [-0.39, 0.29) is 36.4 Å². The Morgan fingerprint density at radius 2 is 1.98 bits per heavy atom. The first kappa shape index (κ1) is 28.5. The minimum Gasteiger partial charge on any atom is -0.451 e. The molecule has 0 unspecified atom stereocenters. The lowest BCUT2D eigenvalue weighted by atomic mass is 9.96. The molecule has 41 heavy (non-hydrogen) atoms. The van der Waals surface area contributed by atoms with Gasteiger partial charge in [0.15, 0.2) is 5.76 Å². The van der Waals surface area contributed by atoms with Crippen molar-refractivity contribution >= 4 is 22.8 Å². The van der Waals surface area contributed by atoms with E-state index in [2.05, 4.69) is 16.0 Å². The number of para-hydroxylation sites is 2. The van der Waals surface area contributed by atoms with Crippen molar-refractivity contribution < 1.29 is 23.1 Å². The van der Waals surface area contributed by atoms with Gasteiger partial charge in [0, 0.05) is 63.8 Å². The number of carbonyl (C=O) groups excluding carboxylic acids is 2. The largest absolute Gasteiger partial charge is 0.451 e. The fraction of sp³-hybridized carbons (Fsp3) is 0.387. The SMILES string of the molecule is COCCCn1c([C@@H]2CCCN(C(=O)C[C@@H](N)CNC(=O)c3ccc(-c4ccc(F)cc4)o3)C2)nc2ccccc21. The highest BCUT2D eigenvalue weighted by Crippen LogP contribution is 2.30. The monoisotopic (exact) mass is 561 g/mol. The molecule has 0 spiro atoms. The van der Waals surface area contributed by atoms with Crippen LogP contribution in [0.1, 0.15) is 48.0 Å². The van der Waals surface area contributed by atoms with Gasteiger partial charge >= 0.3 is 0 Å². The van der Waals surface area contributed by atoms with Gasteiger partial charge in [0.1, 0.15) is 17.4 Å². The Morgan fingerprint density at radius 3 is 2.78 bits per heavy atom. The van der Waals surface area contributed by atoms with E-state index in [1.165, 1.54) is 12.1 Å². The number of imidazole rings is 1. The first-order valence-corrected chi connectivity index (χ1v) is 14.0. The molecule has 2 atom stereocenters. The van der Waals surface area contributed by atoms with Crippen molar-refractivity contribution in [2.45, 2.75) is 44.2 Å². The van der Waals surface area contributed by atoms with Crippen LogP contribution in [0.4, 0.5) is 4.39 Å². The van der Waals surface area contributed by atoms with Crippen molar-refractivity contribution in [3.05, 3.63) is 78.1 Å². The third-order valence-corrected chi connectivity index (χ3v) is 7.47. The second-order valence-electron chi connectivity index (χ2n) is 10.5. The molecule has 3 heterocycles. The molecule has 10 heteroatoms. The molecule has 3 N–H and O–H groups in total. The summed E-state index contributed by atoms with van der Waals surface area (Å²) in [5.41, 5.74) is 8.97. The van der Waals surface area contributed by atoms with Gasteiger partial charge in [-0.3, -0.25) is 9.59 Å². The number of aromatic nitrogens is 2. The minimum atomic E-state index is -0.544. The Bertz CT molecular complexity index is 1480. The normalized spacial score (nSPS) is 16.2. The number of amides is 2. The number of fused-ring (bicyclic) bond motifs is 1. The predicted molar refractivity (Wildman–Crippen MR) is 154 cm³/mol. The van der Waals surface area contributed by atoms with Crippen molar-refractivity contribution in [2.75, 3.05) is 33.4 Å². The predicted octanol–water partition coefficient (Wildman–Crippen LogP) is 4.33. The quantitative estimate of drug-likeness (QED) is 0.264. The van der Waals surface area contributed by atoms with Gasteiger partial charge in [-0.05, 0) is 67.8 Å². The molecule has 4 aromatic rings. The molecule has 1 saturated heterocycles. The van der Waals surface area contributed by atoms with Gasteiger partial charge in [0.25, 0.3) is 5.91 Å². The Hall–Kier alpha value is -4.02. The van der Waals surface area contributed by atoms with E-state index >= 15 is 0 Å². The van der Waals surface area contributed by atoms with Crippen LogP contribution >= 0.6 is 0 Å². The summed E-state index contributed by atoms with van der Waals surface area (Å²) in [6, 6.07) is 16.6. The van der Waals surface area contributed by atoms with Crippen LogP contribution in [0.3, 0.4) is 0 Å². The van der Waals surface area contributed by atoms with Crippen molar-refractivity contribution in [1.29, 1.82) is 0 Å². The van der Waals surface area contributed by atoms with E-state index in [1.54, 1.807) is 31.4 Å². The van der Waals surface area contributed by atoms with Gasteiger partial charge in [0.05, 0.1) is 11.0 Å². The summed E-state index contributed by atoms with van der Waals surface area (Å²) in [6.07, 6.45) is 2.85. The summed E-state index contributed by atoms with van der Waals surface area (Å²) >= 11 is 0. The number of hydrogen-bond acceptors (Lipinski definition) is 6. The van der Waals surface area contributed by atoms with Crippen molar-refractivity contribution in [1.82, 2.24) is 19.8 Å². The van der Waals surface area contributed by atoms with E-state index in [0.717, 1.165) is 42.7 Å². The standard InChI is InChI=1S/C31H36FN5O4/c1-40-17-5-16-37-26-8-3-2-7-25(26)35-30(37)22-6-4-15-36(20-22)29(38)18-24(33)19-34-31(39)28-14-13-27(41-28)21-9-11-23(32)12-10-21/h2-3,7-14,22,24H,4-6,15-20,33H2,1H3,(H,34,39)/t22-,24-/m1/s1. The van der Waals surface area contributed by atoms with Crippen LogP contribution in [0.25, 0.3) is 22.4 Å². The van der Waals surface area contributed by atoms with Crippen LogP contribution < -0.4 is 11.1 Å². The first-order chi connectivity index (χ1) is 19.9. The lowest BCUT2D eigenvalue weighted by Crippen LogP contribution is -2.45. The van der Waals surface area contributed by atoms with Gasteiger partial charge in [-0.25, -0.2) is 9.37 Å². The number of aryl methyl sites for hydroxylation is 1. The topological polar surface area (TPSA) is 116 Å². The fourth-order valence-corrected chi connectivity index (χ4v) is 5.39. The van der Waals surface area contributed by atoms with Gasteiger partial charge in [0.2, 0.25) is 5.91 Å². The van der Waals surface area contributed by atoms with Crippen LogP contribution in [0.2, 0.25) is 0 Å². The second kappa shape index (κ2) is 13.1. The number of nitrogens with two attached hydrogens (primary N) is 1. The molecule has 9 nitrogen and oxygen atoms in total. The Kier molecular flexibility index (Phi) is 9.11. The molecule has 0 bridgehead atoms. The zero-order valence-electron chi connectivity index (χ0n) is 23.2. The Morgan fingerprint density at radius 1 is 1.17 bits per heavy atom. The molecule has 0 saturated carbocycles. The number of methoxy groups -OCH3 is 1. The molecule has 1 fully saturated rings. The van der Waals surface area contributed by atoms with Crippen LogP contribution in [0.15, 0.2) is 65.1 Å². The number of likely N-dealkylation sites (tertiary alicyclic amines) is 1. The van der Waals surface area contributed by atoms with E-state index in [9.17, 15) is 14.0 Å². The number of benzene rings is 2. The van der Waals surface area contributed by atoms with Crippen LogP contribution in [0.5, 0.6) is 0 Å². The fourth-order valence-electron chi connectivity index (χ4n) is 5.39. The van der Waals surface area contributed by atoms with E-state index in [1.807, 2.05) is 23.1 Å². The maximum atomic E-state index is 13.2. The number of hydrogen-bond donors (Lipinski definition) is 2. The summed E-state index contributed by atoms with van der Waals surface area (Å²) in [7, 11) is 1.70. The summed E-state index contributed by atoms with van der Waals surface area (Å²) in [5.74, 6) is 0.917. The maximum Gasteiger partial charge on any atom is 0.287 e. The average molecular weight is 562 g/mol. The molecule has 1 aliphatic rings. The van der Waals surface area contributed by atoms with E-state index < -0.39 is 11.9 Å². The average Bonchev–Trinajstić information content (AvgIpc) is 3.62. The lowest BCUT2D eigenvalue weighted by Gasteiger charge is -2.33. The molecule has 2 aromatic heterocycles. The third kappa shape index (κ3) is 6.83. The van der Waals surface area contributed by atoms with Crippen molar-refractivity contribution in [2.24, 2.45) is 5.73 Å². The van der Waals surface area contributed by atoms with Crippen molar-refractivity contribution in [3.8, 4) is 11.3 Å². The highest BCUT2D eigenvalue weighted by Gasteiger charge is 2.29. The molecule has 0 aliphatic carbocycles. The van der Waals surface area contributed by atoms with Crippen LogP contribution in [0, 0.1) is 5.82 Å².